The molecule has 0 fully saturated rings. The van der Waals surface area contributed by atoms with Crippen LogP contribution < -0.4 is 4.72 Å². The summed E-state index contributed by atoms with van der Waals surface area (Å²) in [6.45, 7) is 3.64. The van der Waals surface area contributed by atoms with Crippen molar-refractivity contribution in [1.82, 2.24) is 0 Å². The molecule has 0 spiro atoms. The molecule has 2 rings (SSSR count). The van der Waals surface area contributed by atoms with Crippen LogP contribution >= 0.6 is 0 Å². The summed E-state index contributed by atoms with van der Waals surface area (Å²) in [5.41, 5.74) is 3.01. The fraction of sp³-hybridized carbons (Fsp3) is 0.250. The first kappa shape index (κ1) is 15.5. The maximum Gasteiger partial charge on any atom is 0.261 e. The van der Waals surface area contributed by atoms with Crippen molar-refractivity contribution in [3.63, 3.8) is 0 Å². The Morgan fingerprint density at radius 1 is 1.10 bits per heavy atom. The lowest BCUT2D eigenvalue weighted by Gasteiger charge is -2.12. The van der Waals surface area contributed by atoms with Crippen LogP contribution in [0.2, 0.25) is 0 Å². The van der Waals surface area contributed by atoms with E-state index in [9.17, 15) is 13.5 Å². The predicted octanol–water partition coefficient (Wildman–Crippen LogP) is 2.85. The molecule has 2 N–H and O–H groups in total. The van der Waals surface area contributed by atoms with Crippen LogP contribution in [0.5, 0.6) is 0 Å². The Balaban J connectivity index is 2.38. The molecular formula is C16H19NO3S. The smallest absolute Gasteiger partial charge is 0.261 e. The highest BCUT2D eigenvalue weighted by Gasteiger charge is 2.16. The van der Waals surface area contributed by atoms with Gasteiger partial charge in [0.1, 0.15) is 0 Å². The first-order valence-corrected chi connectivity index (χ1v) is 8.27. The Morgan fingerprint density at radius 3 is 2.43 bits per heavy atom. The van der Waals surface area contributed by atoms with Crippen LogP contribution in [0, 0.1) is 6.92 Å². The van der Waals surface area contributed by atoms with Gasteiger partial charge in [0.05, 0.1) is 17.2 Å². The standard InChI is InChI=1S/C16H19NO3S/c1-3-13-8-9-15(10-14(13)11-18)21(19,20)17-16-7-5-4-6-12(16)2/h4-10,17-18H,3,11H2,1-2H3. The molecule has 0 heterocycles. The van der Waals surface area contributed by atoms with E-state index in [4.69, 9.17) is 0 Å². The number of benzene rings is 2. The van der Waals surface area contributed by atoms with Crippen LogP contribution in [-0.4, -0.2) is 13.5 Å². The third kappa shape index (κ3) is 3.43. The molecule has 5 heteroatoms. The quantitative estimate of drug-likeness (QED) is 0.892. The fourth-order valence-corrected chi connectivity index (χ4v) is 3.33. The van der Waals surface area contributed by atoms with Gasteiger partial charge >= 0.3 is 0 Å². The topological polar surface area (TPSA) is 66.4 Å². The average Bonchev–Trinajstić information content (AvgIpc) is 2.48. The predicted molar refractivity (Wildman–Crippen MR) is 83.7 cm³/mol. The number of para-hydroxylation sites is 1. The summed E-state index contributed by atoms with van der Waals surface area (Å²) in [6.07, 6.45) is 0.751. The van der Waals surface area contributed by atoms with Gasteiger partial charge in [0, 0.05) is 0 Å². The van der Waals surface area contributed by atoms with Crippen LogP contribution in [0.1, 0.15) is 23.6 Å². The normalized spacial score (nSPS) is 11.4. The van der Waals surface area contributed by atoms with Crippen LogP contribution in [0.15, 0.2) is 47.4 Å². The molecule has 112 valence electrons. The molecule has 0 aromatic heterocycles. The van der Waals surface area contributed by atoms with E-state index in [0.717, 1.165) is 17.5 Å². The van der Waals surface area contributed by atoms with Gasteiger partial charge in [-0.2, -0.15) is 0 Å². The van der Waals surface area contributed by atoms with Crippen molar-refractivity contribution in [3.8, 4) is 0 Å². The second-order valence-corrected chi connectivity index (χ2v) is 6.55. The van der Waals surface area contributed by atoms with Crippen LogP contribution in [0.25, 0.3) is 0 Å². The highest BCUT2D eigenvalue weighted by Crippen LogP contribution is 2.21. The number of hydrogen-bond acceptors (Lipinski definition) is 3. The Bertz CT molecular complexity index is 739. The molecular weight excluding hydrogens is 286 g/mol. The summed E-state index contributed by atoms with van der Waals surface area (Å²) >= 11 is 0. The van der Waals surface area contributed by atoms with Gasteiger partial charge in [-0.25, -0.2) is 8.42 Å². The van der Waals surface area contributed by atoms with Crippen LogP contribution in [-0.2, 0) is 23.1 Å². The Labute approximate surface area is 125 Å². The van der Waals surface area contributed by atoms with E-state index in [0.29, 0.717) is 11.3 Å². The van der Waals surface area contributed by atoms with E-state index < -0.39 is 10.0 Å². The molecule has 0 radical (unpaired) electrons. The van der Waals surface area contributed by atoms with Crippen molar-refractivity contribution in [3.05, 3.63) is 59.2 Å². The van der Waals surface area contributed by atoms with Gasteiger partial charge in [0.25, 0.3) is 10.0 Å². The van der Waals surface area contributed by atoms with E-state index in [1.165, 1.54) is 6.07 Å². The zero-order valence-electron chi connectivity index (χ0n) is 12.1. The molecule has 0 aliphatic rings. The molecule has 0 saturated heterocycles. The van der Waals surface area contributed by atoms with Crippen molar-refractivity contribution < 1.29 is 13.5 Å². The number of anilines is 1. The minimum Gasteiger partial charge on any atom is -0.392 e. The summed E-state index contributed by atoms with van der Waals surface area (Å²) in [6, 6.07) is 12.0. The van der Waals surface area contributed by atoms with Crippen LogP contribution in [0.3, 0.4) is 0 Å². The SMILES string of the molecule is CCc1ccc(S(=O)(=O)Nc2ccccc2C)cc1CO. The molecule has 0 atom stereocenters. The number of nitrogens with one attached hydrogen (secondary N) is 1. The largest absolute Gasteiger partial charge is 0.392 e. The van der Waals surface area contributed by atoms with Gasteiger partial charge in [-0.05, 0) is 48.2 Å². The highest BCUT2D eigenvalue weighted by atomic mass is 32.2. The minimum atomic E-state index is -3.65. The maximum atomic E-state index is 12.4. The van der Waals surface area contributed by atoms with E-state index in [2.05, 4.69) is 4.72 Å². The zero-order valence-corrected chi connectivity index (χ0v) is 12.9. The lowest BCUT2D eigenvalue weighted by atomic mass is 10.1. The first-order valence-electron chi connectivity index (χ1n) is 6.79. The number of hydrogen-bond donors (Lipinski definition) is 2. The monoisotopic (exact) mass is 305 g/mol. The van der Waals surface area contributed by atoms with Crippen molar-refractivity contribution in [2.45, 2.75) is 31.8 Å². The van der Waals surface area contributed by atoms with Gasteiger partial charge in [-0.15, -0.1) is 0 Å². The maximum absolute atomic E-state index is 12.4. The van der Waals surface area contributed by atoms with Crippen molar-refractivity contribution in [2.75, 3.05) is 4.72 Å². The molecule has 0 aliphatic carbocycles. The minimum absolute atomic E-state index is 0.159. The molecule has 0 unspecified atom stereocenters. The summed E-state index contributed by atoms with van der Waals surface area (Å²) in [4.78, 5) is 0.159. The van der Waals surface area contributed by atoms with Crippen molar-refractivity contribution in [2.24, 2.45) is 0 Å². The summed E-state index contributed by atoms with van der Waals surface area (Å²) < 4.78 is 27.4. The van der Waals surface area contributed by atoms with Gasteiger partial charge in [-0.1, -0.05) is 31.2 Å². The lowest BCUT2D eigenvalue weighted by Crippen LogP contribution is -2.14. The highest BCUT2D eigenvalue weighted by molar-refractivity contribution is 7.92. The number of aliphatic hydroxyl groups excluding tert-OH is 1. The third-order valence-corrected chi connectivity index (χ3v) is 4.79. The van der Waals surface area contributed by atoms with Gasteiger partial charge in [0.2, 0.25) is 0 Å². The molecule has 0 amide bonds. The molecule has 2 aromatic rings. The molecule has 0 bridgehead atoms. The number of aliphatic hydroxyl groups is 1. The van der Waals surface area contributed by atoms with Crippen molar-refractivity contribution >= 4 is 15.7 Å². The van der Waals surface area contributed by atoms with Gasteiger partial charge < -0.3 is 5.11 Å². The number of aryl methyl sites for hydroxylation is 2. The van der Waals surface area contributed by atoms with Gasteiger partial charge in [0.15, 0.2) is 0 Å². The van der Waals surface area contributed by atoms with Crippen molar-refractivity contribution in [1.29, 1.82) is 0 Å². The summed E-state index contributed by atoms with van der Waals surface area (Å²) in [5, 5.41) is 9.36. The third-order valence-electron chi connectivity index (χ3n) is 3.43. The average molecular weight is 305 g/mol. The summed E-state index contributed by atoms with van der Waals surface area (Å²) in [5.74, 6) is 0. The van der Waals surface area contributed by atoms with Crippen LogP contribution in [0.4, 0.5) is 5.69 Å². The Morgan fingerprint density at radius 2 is 1.81 bits per heavy atom. The second kappa shape index (κ2) is 6.28. The van der Waals surface area contributed by atoms with E-state index >= 15 is 0 Å². The molecule has 0 saturated carbocycles. The first-order chi connectivity index (χ1) is 9.97. The zero-order chi connectivity index (χ0) is 15.5. The molecule has 2 aromatic carbocycles. The molecule has 0 aliphatic heterocycles. The van der Waals surface area contributed by atoms with Gasteiger partial charge in [-0.3, -0.25) is 4.72 Å². The van der Waals surface area contributed by atoms with E-state index in [1.807, 2.05) is 26.0 Å². The number of rotatable bonds is 5. The fourth-order valence-electron chi connectivity index (χ4n) is 2.15. The second-order valence-electron chi connectivity index (χ2n) is 4.86. The molecule has 4 nitrogen and oxygen atoms in total. The Hall–Kier alpha value is -1.85. The Kier molecular flexibility index (Phi) is 4.65. The van der Waals surface area contributed by atoms with E-state index in [-0.39, 0.29) is 11.5 Å². The lowest BCUT2D eigenvalue weighted by molar-refractivity contribution is 0.280. The van der Waals surface area contributed by atoms with E-state index in [1.54, 1.807) is 24.3 Å². The number of sulfonamides is 1. The molecule has 21 heavy (non-hydrogen) atoms. The summed E-state index contributed by atoms with van der Waals surface area (Å²) in [7, 11) is -3.65.